The average molecular weight is 410 g/mol. The molecule has 0 N–H and O–H groups in total. The molecule has 5 rings (SSSR count). The zero-order valence-corrected chi connectivity index (χ0v) is 17.0. The fourth-order valence-electron chi connectivity index (χ4n) is 3.79. The Kier molecular flexibility index (Phi) is 5.14. The number of benzene rings is 2. The monoisotopic (exact) mass is 410 g/mol. The topological polar surface area (TPSA) is 67.2 Å². The number of piperazine rings is 1. The van der Waals surface area contributed by atoms with Crippen LogP contribution >= 0.6 is 0 Å². The molecule has 0 aliphatic carbocycles. The van der Waals surface area contributed by atoms with Gasteiger partial charge in [0.15, 0.2) is 5.82 Å². The molecular formula is C24H22N6O. The van der Waals surface area contributed by atoms with Crippen LogP contribution in [-0.2, 0) is 0 Å². The zero-order valence-electron chi connectivity index (χ0n) is 17.0. The summed E-state index contributed by atoms with van der Waals surface area (Å²) in [7, 11) is 0. The Morgan fingerprint density at radius 3 is 2.06 bits per heavy atom. The molecule has 0 spiro atoms. The molecule has 154 valence electrons. The first-order chi connectivity index (χ1) is 15.3. The Hall–Kier alpha value is -4.00. The van der Waals surface area contributed by atoms with Gasteiger partial charge in [-0.3, -0.25) is 9.78 Å². The molecule has 0 radical (unpaired) electrons. The van der Waals surface area contributed by atoms with Crippen molar-refractivity contribution in [1.29, 1.82) is 0 Å². The summed E-state index contributed by atoms with van der Waals surface area (Å²) in [6.45, 7) is 2.78. The third kappa shape index (κ3) is 3.90. The minimum Gasteiger partial charge on any atom is -0.368 e. The van der Waals surface area contributed by atoms with Gasteiger partial charge in [0.1, 0.15) is 0 Å². The number of hydrogen-bond acceptors (Lipinski definition) is 5. The number of anilines is 1. The van der Waals surface area contributed by atoms with Gasteiger partial charge in [0.25, 0.3) is 5.91 Å². The predicted molar refractivity (Wildman–Crippen MR) is 119 cm³/mol. The van der Waals surface area contributed by atoms with Crippen molar-refractivity contribution in [3.63, 3.8) is 0 Å². The summed E-state index contributed by atoms with van der Waals surface area (Å²) in [5.41, 5.74) is 2.91. The van der Waals surface area contributed by atoms with Gasteiger partial charge in [0, 0.05) is 49.8 Å². The minimum absolute atomic E-state index is 0.138. The first kappa shape index (κ1) is 19.0. The summed E-state index contributed by atoms with van der Waals surface area (Å²) < 4.78 is 1.75. The molecular weight excluding hydrogens is 388 g/mol. The maximum Gasteiger partial charge on any atom is 0.293 e. The maximum absolute atomic E-state index is 13.2. The van der Waals surface area contributed by atoms with Gasteiger partial charge in [-0.05, 0) is 24.3 Å². The van der Waals surface area contributed by atoms with Crippen molar-refractivity contribution in [1.82, 2.24) is 24.6 Å². The first-order valence-corrected chi connectivity index (χ1v) is 10.3. The van der Waals surface area contributed by atoms with Crippen molar-refractivity contribution >= 4 is 11.6 Å². The van der Waals surface area contributed by atoms with Crippen LogP contribution in [0.3, 0.4) is 0 Å². The average Bonchev–Trinajstić information content (AvgIpc) is 3.31. The van der Waals surface area contributed by atoms with Crippen LogP contribution in [0.5, 0.6) is 0 Å². The van der Waals surface area contributed by atoms with E-state index in [1.807, 2.05) is 77.7 Å². The van der Waals surface area contributed by atoms with E-state index in [1.165, 1.54) is 0 Å². The third-order valence-electron chi connectivity index (χ3n) is 5.43. The SMILES string of the molecule is O=C(c1nc(-c2ccccc2)n(-c2ccccc2)n1)N1CCN(c2ccncc2)CC1. The Morgan fingerprint density at radius 1 is 0.742 bits per heavy atom. The zero-order chi connectivity index (χ0) is 21.0. The normalized spacial score (nSPS) is 13.9. The number of carbonyl (C=O) groups is 1. The number of para-hydroxylation sites is 1. The van der Waals surface area contributed by atoms with E-state index in [0.717, 1.165) is 30.0 Å². The van der Waals surface area contributed by atoms with Gasteiger partial charge in [-0.15, -0.1) is 5.10 Å². The van der Waals surface area contributed by atoms with Crippen LogP contribution in [0.4, 0.5) is 5.69 Å². The summed E-state index contributed by atoms with van der Waals surface area (Å²) in [5.74, 6) is 0.742. The van der Waals surface area contributed by atoms with Crippen LogP contribution in [0.2, 0.25) is 0 Å². The van der Waals surface area contributed by atoms with Gasteiger partial charge in [0.2, 0.25) is 5.82 Å². The number of pyridine rings is 1. The molecule has 1 saturated heterocycles. The molecule has 0 unspecified atom stereocenters. The second kappa shape index (κ2) is 8.39. The summed E-state index contributed by atoms with van der Waals surface area (Å²) in [6.07, 6.45) is 3.58. The molecule has 7 heteroatoms. The number of carbonyl (C=O) groups excluding carboxylic acids is 1. The van der Waals surface area contributed by atoms with Crippen molar-refractivity contribution in [2.24, 2.45) is 0 Å². The van der Waals surface area contributed by atoms with Crippen LogP contribution in [0.15, 0.2) is 85.2 Å². The highest BCUT2D eigenvalue weighted by molar-refractivity contribution is 5.91. The highest BCUT2D eigenvalue weighted by Gasteiger charge is 2.26. The molecule has 4 aromatic rings. The maximum atomic E-state index is 13.2. The number of aromatic nitrogens is 4. The van der Waals surface area contributed by atoms with E-state index in [0.29, 0.717) is 18.9 Å². The van der Waals surface area contributed by atoms with Gasteiger partial charge < -0.3 is 9.80 Å². The molecule has 0 bridgehead atoms. The van der Waals surface area contributed by atoms with E-state index in [2.05, 4.69) is 20.0 Å². The molecule has 31 heavy (non-hydrogen) atoms. The fraction of sp³-hybridized carbons (Fsp3) is 0.167. The number of nitrogens with zero attached hydrogens (tertiary/aromatic N) is 6. The quantitative estimate of drug-likeness (QED) is 0.517. The molecule has 1 fully saturated rings. The number of rotatable bonds is 4. The first-order valence-electron chi connectivity index (χ1n) is 10.3. The summed E-state index contributed by atoms with van der Waals surface area (Å²) in [6, 6.07) is 23.6. The molecule has 1 aliphatic heterocycles. The second-order valence-corrected chi connectivity index (χ2v) is 7.36. The number of hydrogen-bond donors (Lipinski definition) is 0. The van der Waals surface area contributed by atoms with Crippen LogP contribution in [0.1, 0.15) is 10.6 Å². The predicted octanol–water partition coefficient (Wildman–Crippen LogP) is 3.29. The van der Waals surface area contributed by atoms with Gasteiger partial charge in [-0.25, -0.2) is 9.67 Å². The largest absolute Gasteiger partial charge is 0.368 e. The lowest BCUT2D eigenvalue weighted by Crippen LogP contribution is -2.49. The van der Waals surface area contributed by atoms with Gasteiger partial charge >= 0.3 is 0 Å². The lowest BCUT2D eigenvalue weighted by Gasteiger charge is -2.35. The minimum atomic E-state index is -0.138. The highest BCUT2D eigenvalue weighted by Crippen LogP contribution is 2.22. The molecule has 0 saturated carbocycles. The molecule has 7 nitrogen and oxygen atoms in total. The summed E-state index contributed by atoms with van der Waals surface area (Å²) >= 11 is 0. The lowest BCUT2D eigenvalue weighted by molar-refractivity contribution is 0.0734. The molecule has 1 amide bonds. The Morgan fingerprint density at radius 2 is 1.39 bits per heavy atom. The van der Waals surface area contributed by atoms with Crippen LogP contribution < -0.4 is 4.90 Å². The van der Waals surface area contributed by atoms with Gasteiger partial charge in [0.05, 0.1) is 5.69 Å². The van der Waals surface area contributed by atoms with Gasteiger partial charge in [-0.1, -0.05) is 48.5 Å². The molecule has 2 aromatic heterocycles. The van der Waals surface area contributed by atoms with Crippen molar-refractivity contribution < 1.29 is 4.79 Å². The van der Waals surface area contributed by atoms with E-state index < -0.39 is 0 Å². The molecule has 2 aromatic carbocycles. The van der Waals surface area contributed by atoms with E-state index in [-0.39, 0.29) is 11.7 Å². The van der Waals surface area contributed by atoms with Crippen LogP contribution in [-0.4, -0.2) is 56.7 Å². The van der Waals surface area contributed by atoms with Crippen LogP contribution in [0.25, 0.3) is 17.1 Å². The Bertz CT molecular complexity index is 1100. The van der Waals surface area contributed by atoms with E-state index in [4.69, 9.17) is 0 Å². The second-order valence-electron chi connectivity index (χ2n) is 7.36. The van der Waals surface area contributed by atoms with Crippen LogP contribution in [0, 0.1) is 0 Å². The van der Waals surface area contributed by atoms with Crippen molar-refractivity contribution in [3.05, 3.63) is 91.0 Å². The third-order valence-corrected chi connectivity index (χ3v) is 5.43. The van der Waals surface area contributed by atoms with E-state index in [9.17, 15) is 4.79 Å². The molecule has 3 heterocycles. The van der Waals surface area contributed by atoms with Crippen molar-refractivity contribution in [2.75, 3.05) is 31.1 Å². The van der Waals surface area contributed by atoms with E-state index >= 15 is 0 Å². The van der Waals surface area contributed by atoms with Crippen molar-refractivity contribution in [2.45, 2.75) is 0 Å². The highest BCUT2D eigenvalue weighted by atomic mass is 16.2. The van der Waals surface area contributed by atoms with Gasteiger partial charge in [-0.2, -0.15) is 0 Å². The van der Waals surface area contributed by atoms with E-state index in [1.54, 1.807) is 17.1 Å². The molecule has 1 aliphatic rings. The Balaban J connectivity index is 1.40. The Labute approximate surface area is 180 Å². The standard InChI is InChI=1S/C24H22N6O/c31-24(29-17-15-28(16-18-29)20-11-13-25-14-12-20)22-26-23(19-7-3-1-4-8-19)30(27-22)21-9-5-2-6-10-21/h1-14H,15-18H2. The smallest absolute Gasteiger partial charge is 0.293 e. The van der Waals surface area contributed by atoms with Crippen molar-refractivity contribution in [3.8, 4) is 17.1 Å². The summed E-state index contributed by atoms with van der Waals surface area (Å²) in [4.78, 5) is 26.0. The number of amides is 1. The molecule has 0 atom stereocenters. The summed E-state index contributed by atoms with van der Waals surface area (Å²) in [5, 5.41) is 4.60. The lowest BCUT2D eigenvalue weighted by atomic mass is 10.2. The fourth-order valence-corrected chi connectivity index (χ4v) is 3.79.